The molecule has 0 N–H and O–H groups in total. The molecule has 0 saturated carbocycles. The highest BCUT2D eigenvalue weighted by Gasteiger charge is 2.03. The van der Waals surface area contributed by atoms with Crippen molar-refractivity contribution in [2.75, 3.05) is 7.11 Å². The molecule has 0 bridgehead atoms. The van der Waals surface area contributed by atoms with E-state index in [0.29, 0.717) is 0 Å². The molecule has 5 heteroatoms. The first-order valence-corrected chi connectivity index (χ1v) is 4.79. The zero-order chi connectivity index (χ0) is 9.97. The van der Waals surface area contributed by atoms with E-state index >= 15 is 0 Å². The lowest BCUT2D eigenvalue weighted by Gasteiger charge is -2.05. The van der Waals surface area contributed by atoms with E-state index in [1.54, 1.807) is 18.1 Å². The van der Waals surface area contributed by atoms with Crippen LogP contribution in [-0.4, -0.2) is 21.9 Å². The Morgan fingerprint density at radius 1 is 1.43 bits per heavy atom. The van der Waals surface area contributed by atoms with Crippen LogP contribution >= 0.6 is 15.9 Å². The van der Waals surface area contributed by atoms with Crippen LogP contribution in [-0.2, 0) is 0 Å². The second-order valence-corrected chi connectivity index (χ2v) is 3.51. The Hall–Kier alpha value is -1.36. The molecule has 1 heterocycles. The quantitative estimate of drug-likeness (QED) is 0.823. The van der Waals surface area contributed by atoms with Crippen LogP contribution in [0.3, 0.4) is 0 Å². The van der Waals surface area contributed by atoms with Crippen LogP contribution < -0.4 is 4.74 Å². The van der Waals surface area contributed by atoms with Crippen LogP contribution in [0.15, 0.2) is 35.3 Å². The number of rotatable bonds is 2. The first-order valence-electron chi connectivity index (χ1n) is 4.00. The maximum atomic E-state index is 5.09. The monoisotopic (exact) mass is 253 g/mol. The summed E-state index contributed by atoms with van der Waals surface area (Å²) in [5, 5.41) is 4.04. The minimum Gasteiger partial charge on any atom is -0.497 e. The molecule has 14 heavy (non-hydrogen) atoms. The van der Waals surface area contributed by atoms with Gasteiger partial charge in [-0.2, -0.15) is 5.10 Å². The number of hydrogen-bond donors (Lipinski definition) is 0. The maximum absolute atomic E-state index is 5.09. The van der Waals surface area contributed by atoms with Crippen molar-refractivity contribution in [3.8, 4) is 11.4 Å². The van der Waals surface area contributed by atoms with Crippen molar-refractivity contribution < 1.29 is 4.74 Å². The van der Waals surface area contributed by atoms with E-state index in [1.807, 2.05) is 18.2 Å². The highest BCUT2D eigenvalue weighted by Crippen LogP contribution is 2.24. The van der Waals surface area contributed by atoms with Gasteiger partial charge in [0.1, 0.15) is 18.4 Å². The van der Waals surface area contributed by atoms with E-state index in [9.17, 15) is 0 Å². The van der Waals surface area contributed by atoms with Crippen LogP contribution in [0, 0.1) is 0 Å². The fourth-order valence-corrected chi connectivity index (χ4v) is 1.67. The van der Waals surface area contributed by atoms with E-state index in [1.165, 1.54) is 6.33 Å². The average molecular weight is 254 g/mol. The van der Waals surface area contributed by atoms with Crippen LogP contribution in [0.4, 0.5) is 0 Å². The molecule has 0 radical (unpaired) electrons. The summed E-state index contributed by atoms with van der Waals surface area (Å²) >= 11 is 3.44. The predicted molar refractivity (Wildman–Crippen MR) is 55.6 cm³/mol. The van der Waals surface area contributed by atoms with Gasteiger partial charge < -0.3 is 4.74 Å². The summed E-state index contributed by atoms with van der Waals surface area (Å²) in [6.07, 6.45) is 3.14. The fourth-order valence-electron chi connectivity index (χ4n) is 1.13. The second-order valence-electron chi connectivity index (χ2n) is 2.66. The van der Waals surface area contributed by atoms with Gasteiger partial charge in [0.2, 0.25) is 0 Å². The van der Waals surface area contributed by atoms with Crippen molar-refractivity contribution in [1.82, 2.24) is 14.8 Å². The van der Waals surface area contributed by atoms with Gasteiger partial charge in [-0.05, 0) is 34.1 Å². The molecule has 0 atom stereocenters. The van der Waals surface area contributed by atoms with Gasteiger partial charge in [-0.15, -0.1) is 0 Å². The highest BCUT2D eigenvalue weighted by molar-refractivity contribution is 9.10. The van der Waals surface area contributed by atoms with E-state index in [2.05, 4.69) is 26.0 Å². The summed E-state index contributed by atoms with van der Waals surface area (Å²) in [4.78, 5) is 3.88. The number of methoxy groups -OCH3 is 1. The van der Waals surface area contributed by atoms with Gasteiger partial charge in [-0.3, -0.25) is 0 Å². The number of halogens is 1. The van der Waals surface area contributed by atoms with E-state index in [0.717, 1.165) is 15.9 Å². The normalized spacial score (nSPS) is 10.1. The summed E-state index contributed by atoms with van der Waals surface area (Å²) in [7, 11) is 1.64. The van der Waals surface area contributed by atoms with Gasteiger partial charge in [0.05, 0.1) is 12.8 Å². The van der Waals surface area contributed by atoms with Crippen molar-refractivity contribution in [3.05, 3.63) is 35.3 Å². The van der Waals surface area contributed by atoms with Crippen molar-refractivity contribution in [1.29, 1.82) is 0 Å². The molecule has 1 aromatic heterocycles. The molecular formula is C9H8BrN3O. The molecule has 0 aliphatic carbocycles. The molecule has 2 rings (SSSR count). The minimum atomic E-state index is 0.806. The van der Waals surface area contributed by atoms with E-state index in [-0.39, 0.29) is 0 Å². The Kier molecular flexibility index (Phi) is 2.49. The lowest BCUT2D eigenvalue weighted by molar-refractivity contribution is 0.414. The van der Waals surface area contributed by atoms with E-state index in [4.69, 9.17) is 4.74 Å². The summed E-state index contributed by atoms with van der Waals surface area (Å²) in [5.41, 5.74) is 0.934. The molecule has 1 aromatic carbocycles. The molecular weight excluding hydrogens is 246 g/mol. The van der Waals surface area contributed by atoms with Crippen molar-refractivity contribution in [2.45, 2.75) is 0 Å². The van der Waals surface area contributed by atoms with Gasteiger partial charge >= 0.3 is 0 Å². The molecule has 0 unspecified atom stereocenters. The largest absolute Gasteiger partial charge is 0.497 e. The molecule has 0 spiro atoms. The lowest BCUT2D eigenvalue weighted by Crippen LogP contribution is -1.95. The highest BCUT2D eigenvalue weighted by atomic mass is 79.9. The number of benzene rings is 1. The van der Waals surface area contributed by atoms with Crippen molar-refractivity contribution in [2.24, 2.45) is 0 Å². The zero-order valence-corrected chi connectivity index (χ0v) is 9.10. The zero-order valence-electron chi connectivity index (χ0n) is 7.51. The summed E-state index contributed by atoms with van der Waals surface area (Å²) in [6, 6.07) is 5.68. The smallest absolute Gasteiger partial charge is 0.138 e. The number of nitrogens with zero attached hydrogens (tertiary/aromatic N) is 3. The van der Waals surface area contributed by atoms with E-state index < -0.39 is 0 Å². The van der Waals surface area contributed by atoms with Gasteiger partial charge in [0.25, 0.3) is 0 Å². The molecule has 0 fully saturated rings. The molecule has 0 amide bonds. The minimum absolute atomic E-state index is 0.806. The predicted octanol–water partition coefficient (Wildman–Crippen LogP) is 2.04. The van der Waals surface area contributed by atoms with Crippen LogP contribution in [0.1, 0.15) is 0 Å². The Morgan fingerprint density at radius 3 is 2.86 bits per heavy atom. The van der Waals surface area contributed by atoms with Gasteiger partial charge in [0, 0.05) is 4.47 Å². The molecule has 0 aliphatic heterocycles. The Labute approximate surface area is 89.7 Å². The maximum Gasteiger partial charge on any atom is 0.138 e. The Bertz CT molecular complexity index is 428. The van der Waals surface area contributed by atoms with Gasteiger partial charge in [0.15, 0.2) is 0 Å². The lowest BCUT2D eigenvalue weighted by atomic mass is 10.3. The standard InChI is InChI=1S/C9H8BrN3O/c1-14-7-2-3-9(8(10)4-7)13-6-11-5-12-13/h2-6H,1H3. The van der Waals surface area contributed by atoms with Crippen LogP contribution in [0.25, 0.3) is 5.69 Å². The summed E-state index contributed by atoms with van der Waals surface area (Å²) in [5.74, 6) is 0.806. The van der Waals surface area contributed by atoms with Crippen molar-refractivity contribution >= 4 is 15.9 Å². The average Bonchev–Trinajstić information content (AvgIpc) is 2.70. The first kappa shape index (κ1) is 9.21. The van der Waals surface area contributed by atoms with Crippen LogP contribution in [0.5, 0.6) is 5.75 Å². The van der Waals surface area contributed by atoms with Gasteiger partial charge in [-0.1, -0.05) is 0 Å². The first-order chi connectivity index (χ1) is 6.81. The topological polar surface area (TPSA) is 39.9 Å². The summed E-state index contributed by atoms with van der Waals surface area (Å²) in [6.45, 7) is 0. The Morgan fingerprint density at radius 2 is 2.29 bits per heavy atom. The molecule has 0 aliphatic rings. The molecule has 72 valence electrons. The van der Waals surface area contributed by atoms with Gasteiger partial charge in [-0.25, -0.2) is 9.67 Å². The molecule has 4 nitrogen and oxygen atoms in total. The molecule has 2 aromatic rings. The second kappa shape index (κ2) is 3.79. The third-order valence-electron chi connectivity index (χ3n) is 1.82. The number of aromatic nitrogens is 3. The third-order valence-corrected chi connectivity index (χ3v) is 2.46. The molecule has 0 saturated heterocycles. The van der Waals surface area contributed by atoms with Crippen LogP contribution in [0.2, 0.25) is 0 Å². The Balaban J connectivity index is 2.46. The SMILES string of the molecule is COc1ccc(-n2cncn2)c(Br)c1. The fraction of sp³-hybridized carbons (Fsp3) is 0.111. The summed E-state index contributed by atoms with van der Waals surface area (Å²) < 4.78 is 7.69. The number of ether oxygens (including phenoxy) is 1. The third kappa shape index (κ3) is 1.63. The van der Waals surface area contributed by atoms with Crippen molar-refractivity contribution in [3.63, 3.8) is 0 Å². The number of hydrogen-bond acceptors (Lipinski definition) is 3.